The lowest BCUT2D eigenvalue weighted by Crippen LogP contribution is -2.05. The second-order valence-electron chi connectivity index (χ2n) is 4.41. The van der Waals surface area contributed by atoms with Crippen molar-refractivity contribution in [2.75, 3.05) is 0 Å². The molecule has 2 nitrogen and oxygen atoms in total. The Morgan fingerprint density at radius 2 is 1.90 bits per heavy atom. The Labute approximate surface area is 128 Å². The summed E-state index contributed by atoms with van der Waals surface area (Å²) in [6.07, 6.45) is -0.805. The van der Waals surface area contributed by atoms with Crippen LogP contribution in [0.2, 0.25) is 0 Å². The van der Waals surface area contributed by atoms with Gasteiger partial charge in [0.15, 0.2) is 0 Å². The summed E-state index contributed by atoms with van der Waals surface area (Å²) in [5, 5.41) is 10.2. The van der Waals surface area contributed by atoms with Gasteiger partial charge in [0.25, 0.3) is 0 Å². The zero-order valence-corrected chi connectivity index (χ0v) is 12.4. The van der Waals surface area contributed by atoms with E-state index in [4.69, 9.17) is 0 Å². The lowest BCUT2D eigenvalue weighted by molar-refractivity contribution is -0.0499. The van der Waals surface area contributed by atoms with Gasteiger partial charge in [-0.25, -0.2) is 4.39 Å². The first-order chi connectivity index (χ1) is 9.95. The first kappa shape index (κ1) is 15.9. The van der Waals surface area contributed by atoms with Gasteiger partial charge in [0.1, 0.15) is 11.6 Å². The molecule has 0 fully saturated rings. The molecule has 0 bridgehead atoms. The zero-order chi connectivity index (χ0) is 15.4. The van der Waals surface area contributed by atoms with Gasteiger partial charge in [-0.15, -0.1) is 0 Å². The number of hydrogen-bond donors (Lipinski definition) is 1. The maximum Gasteiger partial charge on any atom is 0.387 e. The van der Waals surface area contributed by atoms with Gasteiger partial charge in [0.2, 0.25) is 0 Å². The van der Waals surface area contributed by atoms with E-state index in [1.54, 1.807) is 12.1 Å². The normalized spacial score (nSPS) is 12.5. The largest absolute Gasteiger partial charge is 0.435 e. The van der Waals surface area contributed by atoms with E-state index in [-0.39, 0.29) is 12.2 Å². The molecular formula is C15H12BrF3O2. The summed E-state index contributed by atoms with van der Waals surface area (Å²) in [5.41, 5.74) is 1.01. The summed E-state index contributed by atoms with van der Waals surface area (Å²) in [7, 11) is 0. The number of aliphatic hydroxyl groups excluding tert-OH is 1. The second-order valence-corrected chi connectivity index (χ2v) is 5.26. The Morgan fingerprint density at radius 3 is 2.62 bits per heavy atom. The van der Waals surface area contributed by atoms with E-state index in [0.29, 0.717) is 15.6 Å². The van der Waals surface area contributed by atoms with Crippen LogP contribution in [0.25, 0.3) is 0 Å². The topological polar surface area (TPSA) is 29.5 Å². The maximum absolute atomic E-state index is 13.2. The highest BCUT2D eigenvalue weighted by Crippen LogP contribution is 2.27. The van der Waals surface area contributed by atoms with Crippen molar-refractivity contribution < 1.29 is 23.0 Å². The van der Waals surface area contributed by atoms with Crippen molar-refractivity contribution in [3.63, 3.8) is 0 Å². The second kappa shape index (κ2) is 6.95. The highest BCUT2D eigenvalue weighted by Gasteiger charge is 2.13. The van der Waals surface area contributed by atoms with Crippen LogP contribution < -0.4 is 4.74 Å². The molecule has 2 aromatic carbocycles. The summed E-state index contributed by atoms with van der Waals surface area (Å²) >= 11 is 3.28. The average molecular weight is 361 g/mol. The minimum absolute atomic E-state index is 0.0279. The number of aliphatic hydroxyl groups is 1. The number of halogens is 4. The van der Waals surface area contributed by atoms with E-state index >= 15 is 0 Å². The van der Waals surface area contributed by atoms with Crippen LogP contribution in [0.15, 0.2) is 46.9 Å². The van der Waals surface area contributed by atoms with E-state index in [1.165, 1.54) is 30.3 Å². The molecule has 6 heteroatoms. The van der Waals surface area contributed by atoms with Gasteiger partial charge in [-0.2, -0.15) is 8.78 Å². The molecule has 2 aromatic rings. The Hall–Kier alpha value is -1.53. The van der Waals surface area contributed by atoms with Crippen LogP contribution in [0.5, 0.6) is 5.75 Å². The third-order valence-corrected chi connectivity index (χ3v) is 3.66. The molecule has 0 heterocycles. The fourth-order valence-electron chi connectivity index (χ4n) is 1.92. The molecular weight excluding hydrogens is 349 g/mol. The van der Waals surface area contributed by atoms with Gasteiger partial charge in [-0.05, 0) is 41.5 Å². The van der Waals surface area contributed by atoms with Crippen molar-refractivity contribution in [2.24, 2.45) is 0 Å². The van der Waals surface area contributed by atoms with Gasteiger partial charge >= 0.3 is 6.61 Å². The van der Waals surface area contributed by atoms with Gasteiger partial charge in [-0.1, -0.05) is 28.1 Å². The SMILES string of the molecule is OC(Cc1cc(F)ccc1Br)c1cccc(OC(F)F)c1. The molecule has 0 saturated carbocycles. The number of hydrogen-bond acceptors (Lipinski definition) is 2. The van der Waals surface area contributed by atoms with Crippen LogP contribution >= 0.6 is 15.9 Å². The first-order valence-corrected chi connectivity index (χ1v) is 6.92. The van der Waals surface area contributed by atoms with E-state index in [9.17, 15) is 18.3 Å². The van der Waals surface area contributed by atoms with Crippen molar-refractivity contribution in [1.82, 2.24) is 0 Å². The third kappa shape index (κ3) is 4.47. The fraction of sp³-hybridized carbons (Fsp3) is 0.200. The van der Waals surface area contributed by atoms with Gasteiger partial charge in [-0.3, -0.25) is 0 Å². The van der Waals surface area contributed by atoms with Crippen molar-refractivity contribution in [3.8, 4) is 5.75 Å². The van der Waals surface area contributed by atoms with Crippen LogP contribution in [-0.2, 0) is 6.42 Å². The van der Waals surface area contributed by atoms with E-state index in [2.05, 4.69) is 20.7 Å². The number of ether oxygens (including phenoxy) is 1. The lowest BCUT2D eigenvalue weighted by Gasteiger charge is -2.14. The Kier molecular flexibility index (Phi) is 5.25. The molecule has 0 spiro atoms. The fourth-order valence-corrected chi connectivity index (χ4v) is 2.33. The van der Waals surface area contributed by atoms with Crippen molar-refractivity contribution >= 4 is 15.9 Å². The predicted molar refractivity (Wildman–Crippen MR) is 75.8 cm³/mol. The van der Waals surface area contributed by atoms with Crippen LogP contribution in [0.3, 0.4) is 0 Å². The summed E-state index contributed by atoms with van der Waals surface area (Å²) in [5.74, 6) is -0.435. The third-order valence-electron chi connectivity index (χ3n) is 2.89. The highest BCUT2D eigenvalue weighted by molar-refractivity contribution is 9.10. The van der Waals surface area contributed by atoms with Crippen LogP contribution in [0.1, 0.15) is 17.2 Å². The molecule has 0 amide bonds. The highest BCUT2D eigenvalue weighted by atomic mass is 79.9. The predicted octanol–water partition coefficient (Wildman–Crippen LogP) is 4.47. The summed E-state index contributed by atoms with van der Waals surface area (Å²) in [6.45, 7) is -2.92. The van der Waals surface area contributed by atoms with E-state index < -0.39 is 18.5 Å². The summed E-state index contributed by atoms with van der Waals surface area (Å²) < 4.78 is 42.5. The Balaban J connectivity index is 2.16. The molecule has 0 aliphatic heterocycles. The Morgan fingerprint density at radius 1 is 1.14 bits per heavy atom. The van der Waals surface area contributed by atoms with Crippen molar-refractivity contribution in [1.29, 1.82) is 0 Å². The molecule has 1 unspecified atom stereocenters. The number of benzene rings is 2. The van der Waals surface area contributed by atoms with Crippen molar-refractivity contribution in [3.05, 3.63) is 63.9 Å². The molecule has 0 saturated heterocycles. The summed E-state index contributed by atoms with van der Waals surface area (Å²) in [4.78, 5) is 0. The molecule has 2 rings (SSSR count). The van der Waals surface area contributed by atoms with E-state index in [0.717, 1.165) is 0 Å². The molecule has 0 aromatic heterocycles. The first-order valence-electron chi connectivity index (χ1n) is 6.12. The quantitative estimate of drug-likeness (QED) is 0.852. The van der Waals surface area contributed by atoms with Gasteiger partial charge < -0.3 is 9.84 Å². The maximum atomic E-state index is 13.2. The minimum atomic E-state index is -2.92. The number of alkyl halides is 2. The zero-order valence-electron chi connectivity index (χ0n) is 10.8. The monoisotopic (exact) mass is 360 g/mol. The smallest absolute Gasteiger partial charge is 0.387 e. The lowest BCUT2D eigenvalue weighted by atomic mass is 10.0. The van der Waals surface area contributed by atoms with Gasteiger partial charge in [0, 0.05) is 10.9 Å². The summed E-state index contributed by atoms with van der Waals surface area (Å²) in [6, 6.07) is 9.98. The Bertz CT molecular complexity index is 620. The molecule has 0 radical (unpaired) electrons. The number of rotatable bonds is 5. The molecule has 0 aliphatic rings. The average Bonchev–Trinajstić information content (AvgIpc) is 2.42. The molecule has 0 aliphatic carbocycles. The van der Waals surface area contributed by atoms with Crippen LogP contribution in [0.4, 0.5) is 13.2 Å². The van der Waals surface area contributed by atoms with Crippen molar-refractivity contribution in [2.45, 2.75) is 19.1 Å². The van der Waals surface area contributed by atoms with Gasteiger partial charge in [0.05, 0.1) is 6.10 Å². The molecule has 112 valence electrons. The molecule has 1 N–H and O–H groups in total. The molecule has 1 atom stereocenters. The minimum Gasteiger partial charge on any atom is -0.435 e. The standard InChI is InChI=1S/C15H12BrF3O2/c16-13-5-4-11(17)6-10(13)8-14(20)9-2-1-3-12(7-9)21-15(18)19/h1-7,14-15,20H,8H2. The van der Waals surface area contributed by atoms with E-state index in [1.807, 2.05) is 0 Å². The molecule has 21 heavy (non-hydrogen) atoms. The van der Waals surface area contributed by atoms with Crippen LogP contribution in [0, 0.1) is 5.82 Å². The van der Waals surface area contributed by atoms with Crippen LogP contribution in [-0.4, -0.2) is 11.7 Å².